The lowest BCUT2D eigenvalue weighted by Gasteiger charge is -2.14. The molecular weight excluding hydrogens is 647 g/mol. The summed E-state index contributed by atoms with van der Waals surface area (Å²) >= 11 is 0. The van der Waals surface area contributed by atoms with Crippen molar-refractivity contribution in [2.45, 2.75) is 6.92 Å². The van der Waals surface area contributed by atoms with Crippen LogP contribution in [0.25, 0.3) is 83.9 Å². The van der Waals surface area contributed by atoms with Crippen molar-refractivity contribution in [3.63, 3.8) is 0 Å². The molecule has 1 N–H and O–H groups in total. The molecule has 9 rings (SSSR count). The molecule has 0 spiro atoms. The van der Waals surface area contributed by atoms with E-state index in [-0.39, 0.29) is 5.75 Å². The first kappa shape index (κ1) is 31.9. The van der Waals surface area contributed by atoms with E-state index in [1.54, 1.807) is 6.07 Å². The molecule has 53 heavy (non-hydrogen) atoms. The molecule has 0 atom stereocenters. The van der Waals surface area contributed by atoms with Gasteiger partial charge in [0.25, 0.3) is 0 Å². The first-order chi connectivity index (χ1) is 26.1. The van der Waals surface area contributed by atoms with Crippen LogP contribution in [0.2, 0.25) is 0 Å². The lowest BCUT2D eigenvalue weighted by molar-refractivity contribution is 0.477. The van der Waals surface area contributed by atoms with Gasteiger partial charge in [-0.15, -0.1) is 0 Å². The number of rotatable bonds is 7. The van der Waals surface area contributed by atoms with E-state index < -0.39 is 0 Å². The first-order valence-electron chi connectivity index (χ1n) is 17.8. The lowest BCUT2D eigenvalue weighted by Crippen LogP contribution is -1.99. The van der Waals surface area contributed by atoms with Crippen LogP contribution in [0.15, 0.2) is 188 Å². The van der Waals surface area contributed by atoms with Gasteiger partial charge in [-0.1, -0.05) is 121 Å². The smallest absolute Gasteiger partial charge is 0.149 e. The van der Waals surface area contributed by atoms with E-state index in [9.17, 15) is 5.11 Å². The van der Waals surface area contributed by atoms with E-state index >= 15 is 0 Å². The Bertz CT molecular complexity index is 2730. The van der Waals surface area contributed by atoms with Crippen LogP contribution in [0.1, 0.15) is 5.56 Å². The number of benzene rings is 7. The molecule has 0 amide bonds. The van der Waals surface area contributed by atoms with Crippen molar-refractivity contribution in [2.75, 3.05) is 0 Å². The van der Waals surface area contributed by atoms with Crippen molar-refractivity contribution in [2.24, 2.45) is 0 Å². The summed E-state index contributed by atoms with van der Waals surface area (Å²) in [7, 11) is 0. The maximum absolute atomic E-state index is 11.2. The normalized spacial score (nSPS) is 11.2. The minimum absolute atomic E-state index is 0.181. The third kappa shape index (κ3) is 6.07. The van der Waals surface area contributed by atoms with Gasteiger partial charge in [0, 0.05) is 23.0 Å². The number of hydrogen-bond acceptors (Lipinski definition) is 3. The van der Waals surface area contributed by atoms with Crippen molar-refractivity contribution in [1.29, 1.82) is 0 Å². The fourth-order valence-corrected chi connectivity index (χ4v) is 7.29. The molecule has 9 aromatic rings. The zero-order chi connectivity index (χ0) is 35.7. The fourth-order valence-electron chi connectivity index (χ4n) is 7.29. The number of phenolic OH excluding ortho intramolecular Hbond substituents is 1. The maximum Gasteiger partial charge on any atom is 0.149 e. The Morgan fingerprint density at radius 2 is 1.08 bits per heavy atom. The number of fused-ring (bicyclic) bond motifs is 1. The van der Waals surface area contributed by atoms with Gasteiger partial charge in [0.05, 0.1) is 22.3 Å². The highest BCUT2D eigenvalue weighted by molar-refractivity contribution is 5.97. The molecule has 7 aromatic carbocycles. The van der Waals surface area contributed by atoms with Crippen molar-refractivity contribution >= 4 is 11.0 Å². The average Bonchev–Trinajstić information content (AvgIpc) is 3.61. The second-order valence-corrected chi connectivity index (χ2v) is 13.3. The molecule has 0 saturated heterocycles. The summed E-state index contributed by atoms with van der Waals surface area (Å²) in [6.07, 6.45) is 1.89. The summed E-state index contributed by atoms with van der Waals surface area (Å²) in [6, 6.07) is 62.5. The van der Waals surface area contributed by atoms with Crippen LogP contribution in [-0.2, 0) is 0 Å². The van der Waals surface area contributed by atoms with E-state index in [2.05, 4.69) is 151 Å². The van der Waals surface area contributed by atoms with Crippen LogP contribution in [-0.4, -0.2) is 19.6 Å². The van der Waals surface area contributed by atoms with Crippen LogP contribution >= 0.6 is 0 Å². The Labute approximate surface area is 309 Å². The molecule has 2 heterocycles. The third-order valence-electron chi connectivity index (χ3n) is 9.90. The molecule has 0 unspecified atom stereocenters. The zero-order valence-corrected chi connectivity index (χ0v) is 29.2. The minimum atomic E-state index is 0.181. The summed E-state index contributed by atoms with van der Waals surface area (Å²) < 4.78 is 2.17. The Morgan fingerprint density at radius 1 is 0.453 bits per heavy atom. The molecule has 0 aliphatic heterocycles. The number of nitrogens with zero attached hydrogens (tertiary/aromatic N) is 3. The molecule has 0 saturated carbocycles. The van der Waals surface area contributed by atoms with Crippen LogP contribution in [0, 0.1) is 6.92 Å². The number of phenols is 1. The van der Waals surface area contributed by atoms with Crippen LogP contribution < -0.4 is 0 Å². The topological polar surface area (TPSA) is 50.9 Å². The maximum atomic E-state index is 11.2. The molecule has 252 valence electrons. The molecule has 0 aliphatic carbocycles. The number of aryl methyl sites for hydroxylation is 1. The predicted octanol–water partition coefficient (Wildman–Crippen LogP) is 12.4. The Hall–Kier alpha value is -7.04. The molecule has 2 aromatic heterocycles. The van der Waals surface area contributed by atoms with Gasteiger partial charge < -0.3 is 5.11 Å². The van der Waals surface area contributed by atoms with Gasteiger partial charge in [-0.2, -0.15) is 0 Å². The van der Waals surface area contributed by atoms with E-state index in [0.717, 1.165) is 66.9 Å². The number of aromatic hydroxyl groups is 1. The monoisotopic (exact) mass is 681 g/mol. The third-order valence-corrected chi connectivity index (χ3v) is 9.90. The van der Waals surface area contributed by atoms with Gasteiger partial charge in [0.15, 0.2) is 0 Å². The molecule has 0 fully saturated rings. The largest absolute Gasteiger partial charge is 0.507 e. The summed E-state index contributed by atoms with van der Waals surface area (Å²) in [5.41, 5.74) is 15.4. The quantitative estimate of drug-likeness (QED) is 0.182. The Balaban J connectivity index is 1.26. The molecular formula is C49H35N3O. The van der Waals surface area contributed by atoms with Crippen LogP contribution in [0.5, 0.6) is 5.75 Å². The van der Waals surface area contributed by atoms with Crippen LogP contribution in [0.4, 0.5) is 0 Å². The summed E-state index contributed by atoms with van der Waals surface area (Å²) in [5, 5.41) is 11.2. The van der Waals surface area contributed by atoms with Gasteiger partial charge in [-0.25, -0.2) is 4.98 Å². The Kier molecular flexibility index (Phi) is 8.18. The zero-order valence-electron chi connectivity index (χ0n) is 29.2. The van der Waals surface area contributed by atoms with Gasteiger partial charge in [-0.3, -0.25) is 9.55 Å². The minimum Gasteiger partial charge on any atom is -0.507 e. The van der Waals surface area contributed by atoms with Gasteiger partial charge in [0.1, 0.15) is 11.6 Å². The molecule has 0 aliphatic rings. The highest BCUT2D eigenvalue weighted by Crippen LogP contribution is 2.40. The standard InChI is InChI=1S/C49H35N3O/c1-33-28-41(24-25-42(33)36-18-9-4-10-19-36)52-46-22-13-21-43(48(46)51-49(52)44-20-11-12-23-47(44)53)39-29-38(35-16-7-3-8-17-35)30-40(31-39)45-32-37(26-27-50-45)34-14-5-2-6-15-34/h2-32,53H,1H3. The summed E-state index contributed by atoms with van der Waals surface area (Å²) in [5.74, 6) is 0.857. The second-order valence-electron chi connectivity index (χ2n) is 13.3. The van der Waals surface area contributed by atoms with Gasteiger partial charge >= 0.3 is 0 Å². The van der Waals surface area contributed by atoms with E-state index in [1.807, 2.05) is 42.6 Å². The lowest BCUT2D eigenvalue weighted by atomic mass is 9.93. The number of aromatic nitrogens is 3. The van der Waals surface area contributed by atoms with Crippen LogP contribution in [0.3, 0.4) is 0 Å². The van der Waals surface area contributed by atoms with Crippen molar-refractivity contribution in [3.05, 3.63) is 194 Å². The summed E-state index contributed by atoms with van der Waals surface area (Å²) in [4.78, 5) is 10.2. The fraction of sp³-hybridized carbons (Fsp3) is 0.0204. The van der Waals surface area contributed by atoms with Crippen molar-refractivity contribution in [3.8, 4) is 78.6 Å². The second kappa shape index (κ2) is 13.6. The van der Waals surface area contributed by atoms with Gasteiger partial charge in [0.2, 0.25) is 0 Å². The molecule has 4 heteroatoms. The molecule has 4 nitrogen and oxygen atoms in total. The molecule has 0 bridgehead atoms. The Morgan fingerprint density at radius 3 is 1.79 bits per heavy atom. The van der Waals surface area contributed by atoms with Crippen molar-refractivity contribution < 1.29 is 5.11 Å². The SMILES string of the molecule is Cc1cc(-n2c(-c3ccccc3O)nc3c(-c4cc(-c5ccccc5)cc(-c5cc(-c6ccccc6)ccn5)c4)cccc32)ccc1-c1ccccc1. The number of para-hydroxylation sites is 2. The van der Waals surface area contributed by atoms with E-state index in [1.165, 1.54) is 11.1 Å². The van der Waals surface area contributed by atoms with Gasteiger partial charge in [-0.05, 0) is 112 Å². The highest BCUT2D eigenvalue weighted by atomic mass is 16.3. The summed E-state index contributed by atoms with van der Waals surface area (Å²) in [6.45, 7) is 2.15. The highest BCUT2D eigenvalue weighted by Gasteiger charge is 2.21. The molecule has 0 radical (unpaired) electrons. The average molecular weight is 682 g/mol. The predicted molar refractivity (Wildman–Crippen MR) is 218 cm³/mol. The van der Waals surface area contributed by atoms with Crippen molar-refractivity contribution in [1.82, 2.24) is 14.5 Å². The van der Waals surface area contributed by atoms with E-state index in [4.69, 9.17) is 9.97 Å². The number of hydrogen-bond donors (Lipinski definition) is 1. The number of pyridine rings is 1. The first-order valence-corrected chi connectivity index (χ1v) is 17.8. The van der Waals surface area contributed by atoms with E-state index in [0.29, 0.717) is 11.4 Å². The number of imidazole rings is 1.